The predicted octanol–water partition coefficient (Wildman–Crippen LogP) is 4.09. The van der Waals surface area contributed by atoms with E-state index in [2.05, 4.69) is 5.32 Å². The highest BCUT2D eigenvalue weighted by Gasteiger charge is 2.22. The second-order valence-corrected chi connectivity index (χ2v) is 9.88. The lowest BCUT2D eigenvalue weighted by Crippen LogP contribution is -2.34. The molecule has 33 heavy (non-hydrogen) atoms. The Balaban J connectivity index is 2.30. The summed E-state index contributed by atoms with van der Waals surface area (Å²) in [6.07, 6.45) is 0.347. The Morgan fingerprint density at radius 1 is 1.12 bits per heavy atom. The number of hydrogen-bond donors (Lipinski definition) is 1. The van der Waals surface area contributed by atoms with Gasteiger partial charge in [-0.2, -0.15) is 8.42 Å². The summed E-state index contributed by atoms with van der Waals surface area (Å²) in [7, 11) is -2.63. The van der Waals surface area contributed by atoms with E-state index in [0.717, 1.165) is 0 Å². The zero-order valence-corrected chi connectivity index (χ0v) is 20.7. The van der Waals surface area contributed by atoms with E-state index in [9.17, 15) is 18.0 Å². The maximum absolute atomic E-state index is 12.9. The number of benzene rings is 2. The van der Waals surface area contributed by atoms with Gasteiger partial charge in [0.2, 0.25) is 11.8 Å². The zero-order valence-electron chi connectivity index (χ0n) is 19.1. The average molecular weight is 497 g/mol. The lowest BCUT2D eigenvalue weighted by Gasteiger charge is -2.24. The van der Waals surface area contributed by atoms with Crippen molar-refractivity contribution in [2.45, 2.75) is 38.6 Å². The van der Waals surface area contributed by atoms with Gasteiger partial charge in [-0.15, -0.1) is 0 Å². The molecule has 0 atom stereocenters. The standard InChI is InChI=1S/C23H29ClN2O6S/c1-16(2)13-23(28)26(11-12-31-4)15-18-14-19(24)5-10-22(18)32-33(29,30)21-8-6-20(7-9-21)25-17(3)27/h5-10,14,16H,11-13,15H2,1-4H3,(H,25,27). The van der Waals surface area contributed by atoms with Gasteiger partial charge < -0.3 is 19.1 Å². The van der Waals surface area contributed by atoms with E-state index in [-0.39, 0.29) is 34.9 Å². The van der Waals surface area contributed by atoms with Crippen molar-refractivity contribution in [1.29, 1.82) is 0 Å². The summed E-state index contributed by atoms with van der Waals surface area (Å²) >= 11 is 6.15. The molecule has 0 bridgehead atoms. The fraction of sp³-hybridized carbons (Fsp3) is 0.391. The first-order valence-electron chi connectivity index (χ1n) is 10.4. The molecular weight excluding hydrogens is 468 g/mol. The molecule has 180 valence electrons. The molecule has 0 aliphatic heterocycles. The summed E-state index contributed by atoms with van der Waals surface area (Å²) in [5.41, 5.74) is 0.917. The molecule has 0 saturated heterocycles. The number of rotatable bonds is 11. The van der Waals surface area contributed by atoms with Crippen LogP contribution in [0.1, 0.15) is 32.8 Å². The molecule has 0 saturated carbocycles. The van der Waals surface area contributed by atoms with Crippen molar-refractivity contribution in [3.8, 4) is 5.75 Å². The molecular formula is C23H29ClN2O6S. The summed E-state index contributed by atoms with van der Waals surface area (Å²) in [6, 6.07) is 10.2. The van der Waals surface area contributed by atoms with E-state index < -0.39 is 10.1 Å². The van der Waals surface area contributed by atoms with E-state index in [0.29, 0.717) is 35.8 Å². The second-order valence-electron chi connectivity index (χ2n) is 7.90. The van der Waals surface area contributed by atoms with Crippen LogP contribution in [0.4, 0.5) is 5.69 Å². The van der Waals surface area contributed by atoms with Crippen molar-refractivity contribution in [2.24, 2.45) is 5.92 Å². The molecule has 0 heterocycles. The minimum atomic E-state index is -4.17. The first kappa shape index (κ1) is 26.6. The molecule has 0 aliphatic rings. The van der Waals surface area contributed by atoms with Crippen molar-refractivity contribution >= 4 is 39.2 Å². The highest BCUT2D eigenvalue weighted by Crippen LogP contribution is 2.28. The van der Waals surface area contributed by atoms with Gasteiger partial charge in [0.25, 0.3) is 0 Å². The fourth-order valence-corrected chi connectivity index (χ4v) is 4.16. The third-order valence-electron chi connectivity index (χ3n) is 4.55. The van der Waals surface area contributed by atoms with Gasteiger partial charge in [-0.25, -0.2) is 0 Å². The van der Waals surface area contributed by atoms with Crippen LogP contribution in [0, 0.1) is 5.92 Å². The van der Waals surface area contributed by atoms with E-state index in [1.807, 2.05) is 13.8 Å². The van der Waals surface area contributed by atoms with Crippen LogP contribution in [-0.4, -0.2) is 45.4 Å². The van der Waals surface area contributed by atoms with Gasteiger partial charge >= 0.3 is 10.1 Å². The molecule has 0 fully saturated rings. The van der Waals surface area contributed by atoms with Gasteiger partial charge in [0, 0.05) is 49.8 Å². The van der Waals surface area contributed by atoms with Crippen molar-refractivity contribution in [1.82, 2.24) is 4.90 Å². The molecule has 2 amide bonds. The highest BCUT2D eigenvalue weighted by molar-refractivity contribution is 7.87. The summed E-state index contributed by atoms with van der Waals surface area (Å²) in [5, 5.41) is 2.96. The largest absolute Gasteiger partial charge is 0.383 e. The van der Waals surface area contributed by atoms with Gasteiger partial charge in [0.1, 0.15) is 10.6 Å². The van der Waals surface area contributed by atoms with Crippen LogP contribution < -0.4 is 9.50 Å². The highest BCUT2D eigenvalue weighted by atomic mass is 35.5. The van der Waals surface area contributed by atoms with Crippen LogP contribution in [0.15, 0.2) is 47.4 Å². The molecule has 8 nitrogen and oxygen atoms in total. The number of nitrogens with zero attached hydrogens (tertiary/aromatic N) is 1. The number of methoxy groups -OCH3 is 1. The van der Waals surface area contributed by atoms with Crippen molar-refractivity contribution in [3.63, 3.8) is 0 Å². The molecule has 0 spiro atoms. The van der Waals surface area contributed by atoms with Crippen LogP contribution in [-0.2, 0) is 31.0 Å². The number of ether oxygens (including phenoxy) is 1. The van der Waals surface area contributed by atoms with Crippen LogP contribution in [0.3, 0.4) is 0 Å². The summed E-state index contributed by atoms with van der Waals surface area (Å²) in [6.45, 7) is 6.04. The minimum absolute atomic E-state index is 0.0742. The van der Waals surface area contributed by atoms with E-state index >= 15 is 0 Å². The third-order valence-corrected chi connectivity index (χ3v) is 6.03. The number of carbonyl (C=O) groups excluding carboxylic acids is 2. The van der Waals surface area contributed by atoms with Crippen molar-refractivity contribution < 1.29 is 26.9 Å². The van der Waals surface area contributed by atoms with Crippen molar-refractivity contribution in [3.05, 3.63) is 53.1 Å². The third kappa shape index (κ3) is 8.34. The second kappa shape index (κ2) is 12.0. The van der Waals surface area contributed by atoms with E-state index in [1.165, 1.54) is 43.3 Å². The zero-order chi connectivity index (χ0) is 24.6. The van der Waals surface area contributed by atoms with Gasteiger partial charge in [0.05, 0.1) is 6.61 Å². The molecule has 0 aliphatic carbocycles. The van der Waals surface area contributed by atoms with Crippen LogP contribution in [0.2, 0.25) is 5.02 Å². The number of halogens is 1. The lowest BCUT2D eigenvalue weighted by atomic mass is 10.1. The maximum Gasteiger partial charge on any atom is 0.339 e. The van der Waals surface area contributed by atoms with Crippen LogP contribution >= 0.6 is 11.6 Å². The maximum atomic E-state index is 12.9. The van der Waals surface area contributed by atoms with E-state index in [1.54, 1.807) is 18.1 Å². The average Bonchev–Trinajstić information content (AvgIpc) is 2.72. The van der Waals surface area contributed by atoms with Gasteiger partial charge in [0.15, 0.2) is 0 Å². The number of amides is 2. The van der Waals surface area contributed by atoms with Crippen molar-refractivity contribution in [2.75, 3.05) is 25.6 Å². The van der Waals surface area contributed by atoms with E-state index in [4.69, 9.17) is 20.5 Å². The monoisotopic (exact) mass is 496 g/mol. The summed E-state index contributed by atoms with van der Waals surface area (Å²) in [4.78, 5) is 25.4. The molecule has 0 radical (unpaired) electrons. The first-order valence-corrected chi connectivity index (χ1v) is 12.2. The molecule has 2 rings (SSSR count). The molecule has 0 unspecified atom stereocenters. The number of anilines is 1. The Morgan fingerprint density at radius 2 is 1.79 bits per heavy atom. The topological polar surface area (TPSA) is 102 Å². The van der Waals surface area contributed by atoms with Gasteiger partial charge in [-0.1, -0.05) is 25.4 Å². The van der Waals surface area contributed by atoms with Crippen LogP contribution in [0.25, 0.3) is 0 Å². The Hall–Kier alpha value is -2.62. The molecule has 2 aromatic rings. The smallest absolute Gasteiger partial charge is 0.339 e. The minimum Gasteiger partial charge on any atom is -0.383 e. The fourth-order valence-electron chi connectivity index (χ4n) is 3.00. The molecule has 10 heteroatoms. The number of carbonyl (C=O) groups is 2. The normalized spacial score (nSPS) is 11.3. The Morgan fingerprint density at radius 3 is 2.36 bits per heavy atom. The number of nitrogens with one attached hydrogen (secondary N) is 1. The quantitative estimate of drug-likeness (QED) is 0.470. The van der Waals surface area contributed by atoms with Gasteiger partial charge in [-0.3, -0.25) is 9.59 Å². The number of hydrogen-bond acceptors (Lipinski definition) is 6. The predicted molar refractivity (Wildman–Crippen MR) is 127 cm³/mol. The molecule has 1 N–H and O–H groups in total. The Kier molecular flexibility index (Phi) is 9.70. The summed E-state index contributed by atoms with van der Waals surface area (Å²) < 4.78 is 36.3. The SMILES string of the molecule is COCCN(Cc1cc(Cl)ccc1OS(=O)(=O)c1ccc(NC(C)=O)cc1)C(=O)CC(C)C. The first-order chi connectivity index (χ1) is 15.5. The lowest BCUT2D eigenvalue weighted by molar-refractivity contribution is -0.133. The summed E-state index contributed by atoms with van der Waals surface area (Å²) in [5.74, 6) is -0.106. The van der Waals surface area contributed by atoms with Gasteiger partial charge in [-0.05, 0) is 48.4 Å². The Labute approximate surface area is 200 Å². The van der Waals surface area contributed by atoms with Crippen LogP contribution in [0.5, 0.6) is 5.75 Å². The molecule has 0 aromatic heterocycles. The molecule has 2 aromatic carbocycles. The Bertz CT molecular complexity index is 1070.